The van der Waals surface area contributed by atoms with Crippen molar-refractivity contribution in [2.45, 2.75) is 6.42 Å². The van der Waals surface area contributed by atoms with Crippen molar-refractivity contribution in [3.8, 4) is 6.07 Å². The second kappa shape index (κ2) is 4.52. The van der Waals surface area contributed by atoms with Gasteiger partial charge in [-0.3, -0.25) is 4.79 Å². The number of halogens is 1. The maximum Gasteiger partial charge on any atom is 0.227 e. The van der Waals surface area contributed by atoms with Gasteiger partial charge in [-0.1, -0.05) is 0 Å². The minimum Gasteiger partial charge on any atom is -0.330 e. The number of benzene rings is 1. The summed E-state index contributed by atoms with van der Waals surface area (Å²) in [7, 11) is 0. The van der Waals surface area contributed by atoms with Crippen LogP contribution in [0.15, 0.2) is 18.2 Å². The highest BCUT2D eigenvalue weighted by atomic mass is 19.1. The van der Waals surface area contributed by atoms with Gasteiger partial charge in [-0.15, -0.1) is 0 Å². The Hall–Kier alpha value is -1.93. The Morgan fingerprint density at radius 2 is 2.35 bits per heavy atom. The molecule has 5 heteroatoms. The Morgan fingerprint density at radius 3 is 2.88 bits per heavy atom. The summed E-state index contributed by atoms with van der Waals surface area (Å²) in [5, 5.41) is 8.64. The van der Waals surface area contributed by atoms with Crippen LogP contribution in [0, 0.1) is 23.1 Å². The van der Waals surface area contributed by atoms with E-state index in [0.29, 0.717) is 19.5 Å². The number of hydrogen-bond acceptors (Lipinski definition) is 3. The average Bonchev–Trinajstić information content (AvgIpc) is 2.70. The number of carbonyl (C=O) groups excluding carboxylic acids is 1. The van der Waals surface area contributed by atoms with E-state index in [1.54, 1.807) is 0 Å². The molecule has 1 aromatic rings. The lowest BCUT2D eigenvalue weighted by molar-refractivity contribution is -0.117. The van der Waals surface area contributed by atoms with E-state index in [1.165, 1.54) is 17.0 Å². The number of rotatable bonds is 2. The van der Waals surface area contributed by atoms with E-state index in [0.717, 1.165) is 6.07 Å². The van der Waals surface area contributed by atoms with Gasteiger partial charge in [0.2, 0.25) is 5.91 Å². The van der Waals surface area contributed by atoms with E-state index >= 15 is 0 Å². The van der Waals surface area contributed by atoms with Crippen molar-refractivity contribution in [1.82, 2.24) is 0 Å². The average molecular weight is 233 g/mol. The first-order valence-electron chi connectivity index (χ1n) is 5.35. The maximum atomic E-state index is 13.7. The topological polar surface area (TPSA) is 70.1 Å². The van der Waals surface area contributed by atoms with Crippen LogP contribution in [0.1, 0.15) is 12.0 Å². The van der Waals surface area contributed by atoms with Crippen LogP contribution < -0.4 is 10.6 Å². The zero-order valence-corrected chi connectivity index (χ0v) is 9.19. The van der Waals surface area contributed by atoms with Gasteiger partial charge in [0, 0.05) is 13.0 Å². The molecule has 1 unspecified atom stereocenters. The summed E-state index contributed by atoms with van der Waals surface area (Å²) in [6, 6.07) is 5.96. The molecule has 0 spiro atoms. The molecule has 1 fully saturated rings. The fourth-order valence-corrected chi connectivity index (χ4v) is 1.97. The van der Waals surface area contributed by atoms with E-state index in [4.69, 9.17) is 11.0 Å². The van der Waals surface area contributed by atoms with Gasteiger partial charge in [-0.25, -0.2) is 4.39 Å². The van der Waals surface area contributed by atoms with Gasteiger partial charge in [0.15, 0.2) is 0 Å². The summed E-state index contributed by atoms with van der Waals surface area (Å²) < 4.78 is 13.7. The van der Waals surface area contributed by atoms with Gasteiger partial charge in [-0.05, 0) is 30.7 Å². The van der Waals surface area contributed by atoms with Crippen molar-refractivity contribution in [3.05, 3.63) is 29.6 Å². The first-order chi connectivity index (χ1) is 8.15. The summed E-state index contributed by atoms with van der Waals surface area (Å²) >= 11 is 0. The number of nitriles is 1. The van der Waals surface area contributed by atoms with Crippen molar-refractivity contribution in [2.75, 3.05) is 18.0 Å². The number of anilines is 1. The molecule has 88 valence electrons. The van der Waals surface area contributed by atoms with Crippen LogP contribution in [-0.4, -0.2) is 19.0 Å². The van der Waals surface area contributed by atoms with Gasteiger partial charge < -0.3 is 10.6 Å². The molecule has 4 nitrogen and oxygen atoms in total. The number of carbonyl (C=O) groups is 1. The van der Waals surface area contributed by atoms with Crippen molar-refractivity contribution in [3.63, 3.8) is 0 Å². The summed E-state index contributed by atoms with van der Waals surface area (Å²) in [5.41, 5.74) is 5.97. The van der Waals surface area contributed by atoms with Crippen molar-refractivity contribution >= 4 is 11.6 Å². The van der Waals surface area contributed by atoms with Gasteiger partial charge in [0.1, 0.15) is 5.82 Å². The summed E-state index contributed by atoms with van der Waals surface area (Å²) in [6.07, 6.45) is 0.357. The highest BCUT2D eigenvalue weighted by Crippen LogP contribution is 2.27. The van der Waals surface area contributed by atoms with Crippen LogP contribution >= 0.6 is 0 Å². The van der Waals surface area contributed by atoms with E-state index in [9.17, 15) is 9.18 Å². The molecule has 1 atom stereocenters. The predicted octanol–water partition coefficient (Wildman–Crippen LogP) is 1.01. The zero-order valence-electron chi connectivity index (χ0n) is 9.19. The Bertz CT molecular complexity index is 495. The monoisotopic (exact) mass is 233 g/mol. The zero-order chi connectivity index (χ0) is 12.4. The fourth-order valence-electron chi connectivity index (χ4n) is 1.97. The molecular formula is C12H12FN3O. The molecule has 1 saturated heterocycles. The van der Waals surface area contributed by atoms with E-state index < -0.39 is 5.82 Å². The summed E-state index contributed by atoms with van der Waals surface area (Å²) in [6.45, 7) is 0.859. The third kappa shape index (κ3) is 2.12. The third-order valence-electron chi connectivity index (χ3n) is 2.91. The molecule has 1 aromatic carbocycles. The van der Waals surface area contributed by atoms with Gasteiger partial charge in [-0.2, -0.15) is 5.26 Å². The normalized spacial score (nSPS) is 19.5. The second-order valence-electron chi connectivity index (χ2n) is 4.09. The van der Waals surface area contributed by atoms with Crippen LogP contribution in [0.25, 0.3) is 0 Å². The lowest BCUT2D eigenvalue weighted by Gasteiger charge is -2.17. The maximum absolute atomic E-state index is 13.7. The minimum atomic E-state index is -0.546. The Morgan fingerprint density at radius 1 is 1.59 bits per heavy atom. The quantitative estimate of drug-likeness (QED) is 0.828. The standard InChI is InChI=1S/C12H12FN3O/c13-10-3-8(5-14)1-2-11(10)16-7-9(6-15)4-12(16)17/h1-3,9H,4,6-7,15H2. The molecule has 0 saturated carbocycles. The number of amides is 1. The molecule has 17 heavy (non-hydrogen) atoms. The van der Waals surface area contributed by atoms with Crippen molar-refractivity contribution in [2.24, 2.45) is 11.7 Å². The van der Waals surface area contributed by atoms with Crippen molar-refractivity contribution < 1.29 is 9.18 Å². The van der Waals surface area contributed by atoms with Gasteiger partial charge >= 0.3 is 0 Å². The summed E-state index contributed by atoms with van der Waals surface area (Å²) in [5.74, 6) is -0.586. The first-order valence-corrected chi connectivity index (χ1v) is 5.35. The van der Waals surface area contributed by atoms with Crippen LogP contribution in [0.3, 0.4) is 0 Å². The molecule has 1 aliphatic rings. The van der Waals surface area contributed by atoms with Crippen LogP contribution in [-0.2, 0) is 4.79 Å². The van der Waals surface area contributed by atoms with Crippen LogP contribution in [0.5, 0.6) is 0 Å². The van der Waals surface area contributed by atoms with Crippen LogP contribution in [0.4, 0.5) is 10.1 Å². The number of hydrogen-bond donors (Lipinski definition) is 1. The molecular weight excluding hydrogens is 221 g/mol. The SMILES string of the molecule is N#Cc1ccc(N2CC(CN)CC2=O)c(F)c1. The minimum absolute atomic E-state index is 0.0811. The molecule has 1 heterocycles. The molecule has 0 aliphatic carbocycles. The van der Waals surface area contributed by atoms with Gasteiger partial charge in [0.25, 0.3) is 0 Å². The highest BCUT2D eigenvalue weighted by Gasteiger charge is 2.31. The molecule has 1 amide bonds. The lowest BCUT2D eigenvalue weighted by atomic mass is 10.1. The molecule has 2 rings (SSSR count). The summed E-state index contributed by atoms with van der Waals surface area (Å²) in [4.78, 5) is 13.1. The smallest absolute Gasteiger partial charge is 0.227 e. The molecule has 0 radical (unpaired) electrons. The largest absolute Gasteiger partial charge is 0.330 e. The molecule has 0 aromatic heterocycles. The Kier molecular flexibility index (Phi) is 3.07. The highest BCUT2D eigenvalue weighted by molar-refractivity contribution is 5.95. The van der Waals surface area contributed by atoms with E-state index in [-0.39, 0.29) is 23.1 Å². The van der Waals surface area contributed by atoms with Crippen molar-refractivity contribution in [1.29, 1.82) is 5.26 Å². The number of nitrogens with two attached hydrogens (primary N) is 1. The molecule has 0 bridgehead atoms. The second-order valence-corrected chi connectivity index (χ2v) is 4.09. The van der Waals surface area contributed by atoms with E-state index in [2.05, 4.69) is 0 Å². The lowest BCUT2D eigenvalue weighted by Crippen LogP contribution is -2.26. The third-order valence-corrected chi connectivity index (χ3v) is 2.91. The Balaban J connectivity index is 2.29. The fraction of sp³-hybridized carbons (Fsp3) is 0.333. The Labute approximate surface area is 98.4 Å². The van der Waals surface area contributed by atoms with Crippen LogP contribution in [0.2, 0.25) is 0 Å². The van der Waals surface area contributed by atoms with E-state index in [1.807, 2.05) is 6.07 Å². The molecule has 2 N–H and O–H groups in total. The van der Waals surface area contributed by atoms with Gasteiger partial charge in [0.05, 0.1) is 17.3 Å². The predicted molar refractivity (Wildman–Crippen MR) is 60.6 cm³/mol. The first kappa shape index (κ1) is 11.6. The molecule has 1 aliphatic heterocycles. The number of nitrogens with zero attached hydrogens (tertiary/aromatic N) is 2.